The molecular weight excluding hydrogens is 312 g/mol. The molecule has 0 atom stereocenters. The summed E-state index contributed by atoms with van der Waals surface area (Å²) >= 11 is 0. The zero-order chi connectivity index (χ0) is 16.9. The molecule has 0 amide bonds. The number of nitrogens with zero attached hydrogens (tertiary/aromatic N) is 3. The third-order valence-corrected chi connectivity index (χ3v) is 3.18. The van der Waals surface area contributed by atoms with Crippen molar-refractivity contribution in [1.82, 2.24) is 15.0 Å². The summed E-state index contributed by atoms with van der Waals surface area (Å²) in [7, 11) is 0. The fraction of sp³-hybridized carbons (Fsp3) is 0.118. The highest BCUT2D eigenvalue weighted by atomic mass is 19.2. The summed E-state index contributed by atoms with van der Waals surface area (Å²) in [6.45, 7) is 2.58. The van der Waals surface area contributed by atoms with E-state index in [0.29, 0.717) is 35.4 Å². The van der Waals surface area contributed by atoms with Gasteiger partial charge < -0.3 is 10.6 Å². The number of aromatic nitrogens is 3. The van der Waals surface area contributed by atoms with Crippen LogP contribution in [0.2, 0.25) is 0 Å². The average Bonchev–Trinajstić information content (AvgIpc) is 2.59. The number of nitrogens with one attached hydrogen (secondary N) is 2. The molecule has 0 aliphatic heterocycles. The van der Waals surface area contributed by atoms with E-state index in [1.165, 1.54) is 6.07 Å². The van der Waals surface area contributed by atoms with Gasteiger partial charge in [-0.25, -0.2) is 13.8 Å². The SMILES string of the molecule is CCNc1nc(Nc2ccc(F)c(F)c2)cc(-c2ccccn2)n1. The Balaban J connectivity index is 1.97. The Hall–Kier alpha value is -3.09. The van der Waals surface area contributed by atoms with Gasteiger partial charge in [-0.1, -0.05) is 6.07 Å². The van der Waals surface area contributed by atoms with Crippen LogP contribution in [-0.4, -0.2) is 21.5 Å². The van der Waals surface area contributed by atoms with Crippen molar-refractivity contribution in [2.24, 2.45) is 0 Å². The second kappa shape index (κ2) is 6.99. The van der Waals surface area contributed by atoms with Gasteiger partial charge in [0.2, 0.25) is 5.95 Å². The minimum atomic E-state index is -0.925. The number of benzene rings is 1. The Morgan fingerprint density at radius 3 is 2.54 bits per heavy atom. The van der Waals surface area contributed by atoms with Gasteiger partial charge in [-0.3, -0.25) is 4.98 Å². The minimum absolute atomic E-state index is 0.391. The molecule has 2 N–H and O–H groups in total. The van der Waals surface area contributed by atoms with Crippen molar-refractivity contribution in [3.8, 4) is 11.4 Å². The van der Waals surface area contributed by atoms with Crippen molar-refractivity contribution in [3.63, 3.8) is 0 Å². The largest absolute Gasteiger partial charge is 0.354 e. The third kappa shape index (κ3) is 3.62. The molecule has 1 aromatic carbocycles. The summed E-state index contributed by atoms with van der Waals surface area (Å²) in [5.41, 5.74) is 1.70. The lowest BCUT2D eigenvalue weighted by molar-refractivity contribution is 0.509. The Bertz CT molecular complexity index is 840. The first-order chi connectivity index (χ1) is 11.7. The van der Waals surface area contributed by atoms with E-state index in [0.717, 1.165) is 12.1 Å². The van der Waals surface area contributed by atoms with Gasteiger partial charge in [-0.15, -0.1) is 0 Å². The van der Waals surface area contributed by atoms with E-state index < -0.39 is 11.6 Å². The molecule has 0 saturated heterocycles. The molecule has 0 unspecified atom stereocenters. The molecule has 0 aliphatic rings. The van der Waals surface area contributed by atoms with Crippen LogP contribution in [0.15, 0.2) is 48.7 Å². The molecule has 0 fully saturated rings. The molecule has 122 valence electrons. The monoisotopic (exact) mass is 327 g/mol. The number of hydrogen-bond acceptors (Lipinski definition) is 5. The first kappa shape index (κ1) is 15.8. The number of anilines is 3. The maximum Gasteiger partial charge on any atom is 0.225 e. The van der Waals surface area contributed by atoms with Gasteiger partial charge in [0, 0.05) is 30.6 Å². The van der Waals surface area contributed by atoms with Crippen molar-refractivity contribution >= 4 is 17.5 Å². The predicted octanol–water partition coefficient (Wildman–Crippen LogP) is 3.99. The summed E-state index contributed by atoms with van der Waals surface area (Å²) in [4.78, 5) is 13.0. The molecule has 5 nitrogen and oxygen atoms in total. The van der Waals surface area contributed by atoms with Crippen LogP contribution < -0.4 is 10.6 Å². The summed E-state index contributed by atoms with van der Waals surface area (Å²) < 4.78 is 26.4. The van der Waals surface area contributed by atoms with Crippen molar-refractivity contribution < 1.29 is 8.78 Å². The van der Waals surface area contributed by atoms with Crippen LogP contribution in [0, 0.1) is 11.6 Å². The van der Waals surface area contributed by atoms with Gasteiger partial charge in [-0.05, 0) is 31.2 Å². The fourth-order valence-electron chi connectivity index (χ4n) is 2.12. The average molecular weight is 327 g/mol. The molecule has 3 aromatic rings. The summed E-state index contributed by atoms with van der Waals surface area (Å²) in [5, 5.41) is 6.00. The highest BCUT2D eigenvalue weighted by Gasteiger charge is 2.09. The molecule has 0 spiro atoms. The van der Waals surface area contributed by atoms with Gasteiger partial charge in [0.1, 0.15) is 5.82 Å². The molecule has 0 bridgehead atoms. The Labute approximate surface area is 137 Å². The van der Waals surface area contributed by atoms with Crippen LogP contribution in [0.1, 0.15) is 6.92 Å². The van der Waals surface area contributed by atoms with Crippen LogP contribution >= 0.6 is 0 Å². The quantitative estimate of drug-likeness (QED) is 0.742. The maximum atomic E-state index is 13.4. The van der Waals surface area contributed by atoms with E-state index in [1.807, 2.05) is 25.1 Å². The Morgan fingerprint density at radius 2 is 1.83 bits per heavy atom. The highest BCUT2D eigenvalue weighted by molar-refractivity contribution is 5.65. The second-order valence-electron chi connectivity index (χ2n) is 4.96. The van der Waals surface area contributed by atoms with E-state index in [9.17, 15) is 8.78 Å². The van der Waals surface area contributed by atoms with Crippen LogP contribution in [0.25, 0.3) is 11.4 Å². The topological polar surface area (TPSA) is 62.7 Å². The number of halogens is 2. The summed E-state index contributed by atoms with van der Waals surface area (Å²) in [6, 6.07) is 10.8. The second-order valence-corrected chi connectivity index (χ2v) is 4.96. The van der Waals surface area contributed by atoms with Crippen LogP contribution in [0.5, 0.6) is 0 Å². The summed E-state index contributed by atoms with van der Waals surface area (Å²) in [6.07, 6.45) is 1.67. The lowest BCUT2D eigenvalue weighted by Gasteiger charge is -2.10. The van der Waals surface area contributed by atoms with Crippen LogP contribution in [0.3, 0.4) is 0 Å². The van der Waals surface area contributed by atoms with Crippen molar-refractivity contribution in [3.05, 3.63) is 60.3 Å². The van der Waals surface area contributed by atoms with E-state index in [1.54, 1.807) is 12.3 Å². The molecule has 0 saturated carbocycles. The number of rotatable bonds is 5. The van der Waals surface area contributed by atoms with Crippen molar-refractivity contribution in [1.29, 1.82) is 0 Å². The molecule has 7 heteroatoms. The smallest absolute Gasteiger partial charge is 0.225 e. The molecule has 3 rings (SSSR count). The van der Waals surface area contributed by atoms with Crippen molar-refractivity contribution in [2.75, 3.05) is 17.2 Å². The number of hydrogen-bond donors (Lipinski definition) is 2. The van der Waals surface area contributed by atoms with Crippen LogP contribution in [0.4, 0.5) is 26.2 Å². The van der Waals surface area contributed by atoms with E-state index >= 15 is 0 Å². The molecule has 0 aliphatic carbocycles. The number of pyridine rings is 1. The standard InChI is InChI=1S/C17H15F2N5/c1-2-20-17-23-15(14-5-3-4-8-21-14)10-16(24-17)22-11-6-7-12(18)13(19)9-11/h3-10H,2H2,1H3,(H2,20,22,23,24). The molecule has 24 heavy (non-hydrogen) atoms. The first-order valence-electron chi connectivity index (χ1n) is 7.42. The predicted molar refractivity (Wildman–Crippen MR) is 89.1 cm³/mol. The molecular formula is C17H15F2N5. The van der Waals surface area contributed by atoms with E-state index in [2.05, 4.69) is 25.6 Å². The summed E-state index contributed by atoms with van der Waals surface area (Å²) in [5.74, 6) is -0.949. The minimum Gasteiger partial charge on any atom is -0.354 e. The third-order valence-electron chi connectivity index (χ3n) is 3.18. The maximum absolute atomic E-state index is 13.4. The van der Waals surface area contributed by atoms with E-state index in [4.69, 9.17) is 0 Å². The first-order valence-corrected chi connectivity index (χ1v) is 7.42. The van der Waals surface area contributed by atoms with Crippen molar-refractivity contribution in [2.45, 2.75) is 6.92 Å². The van der Waals surface area contributed by atoms with E-state index in [-0.39, 0.29) is 0 Å². The Morgan fingerprint density at radius 1 is 0.958 bits per heavy atom. The van der Waals surface area contributed by atoms with Gasteiger partial charge in [0.15, 0.2) is 11.6 Å². The zero-order valence-corrected chi connectivity index (χ0v) is 12.9. The van der Waals surface area contributed by atoms with Gasteiger partial charge >= 0.3 is 0 Å². The zero-order valence-electron chi connectivity index (χ0n) is 12.9. The fourth-order valence-corrected chi connectivity index (χ4v) is 2.12. The Kier molecular flexibility index (Phi) is 4.60. The lowest BCUT2D eigenvalue weighted by Crippen LogP contribution is -2.06. The molecule has 2 aromatic heterocycles. The van der Waals surface area contributed by atoms with Gasteiger partial charge in [0.05, 0.1) is 11.4 Å². The molecule has 0 radical (unpaired) electrons. The van der Waals surface area contributed by atoms with Gasteiger partial charge in [-0.2, -0.15) is 4.98 Å². The highest BCUT2D eigenvalue weighted by Crippen LogP contribution is 2.23. The van der Waals surface area contributed by atoms with Gasteiger partial charge in [0.25, 0.3) is 0 Å². The normalized spacial score (nSPS) is 10.5. The molecule has 2 heterocycles. The lowest BCUT2D eigenvalue weighted by atomic mass is 10.2. The van der Waals surface area contributed by atoms with Crippen LogP contribution in [-0.2, 0) is 0 Å².